The maximum Gasteiger partial charge on any atom is 0.508 e. The zero-order valence-electron chi connectivity index (χ0n) is 45.8. The molecule has 3 unspecified atom stereocenters. The van der Waals surface area contributed by atoms with E-state index in [4.69, 9.17) is 24.9 Å². The summed E-state index contributed by atoms with van der Waals surface area (Å²) in [6, 6.07) is 44.1. The van der Waals surface area contributed by atoms with Crippen LogP contribution in [0.1, 0.15) is 134 Å². The normalized spacial score (nSPS) is 24.1. The predicted octanol–water partition coefficient (Wildman–Crippen LogP) is 13.6. The summed E-state index contributed by atoms with van der Waals surface area (Å²) in [4.78, 5) is 12.4. The van der Waals surface area contributed by atoms with Crippen LogP contribution in [0.3, 0.4) is 0 Å². The van der Waals surface area contributed by atoms with Crippen LogP contribution >= 0.6 is 0 Å². The van der Waals surface area contributed by atoms with Gasteiger partial charge in [0.05, 0.1) is 18.8 Å². The maximum absolute atomic E-state index is 12.4. The molecule has 0 saturated heterocycles. The summed E-state index contributed by atoms with van der Waals surface area (Å²) in [5.74, 6) is 0.829. The Kier molecular flexibility index (Phi) is 16.9. The third-order valence-corrected chi connectivity index (χ3v) is 26.9. The van der Waals surface area contributed by atoms with E-state index in [1.54, 1.807) is 13.8 Å². The molecule has 3 fully saturated rings. The molecule has 6 nitrogen and oxygen atoms in total. The number of carbonyl (C=O) groups excluding carboxylic acids is 1. The SMILES string of the molecule is C=C1C(=CC=C2CCC[C@]3(C)[C@@H](C(C)(C)C=CC(O)C(C)(C)OC(=O)OCCC)CC[C@@H]23)CC(O[Si](c2ccccc2)(c2ccccc2)C(C)(C)C)CC1O[Si](c1ccccc1)(c1ccccc1)C(C)(C)C. The van der Waals surface area contributed by atoms with E-state index in [1.807, 2.05) is 13.0 Å². The van der Waals surface area contributed by atoms with Gasteiger partial charge in [-0.25, -0.2) is 4.79 Å². The Hall–Kier alpha value is -4.58. The number of fused-ring (bicyclic) bond motifs is 1. The lowest BCUT2D eigenvalue weighted by molar-refractivity contribution is -0.0670. The van der Waals surface area contributed by atoms with E-state index in [-0.39, 0.29) is 39.7 Å². The van der Waals surface area contributed by atoms with Crippen LogP contribution in [0.4, 0.5) is 4.79 Å². The van der Waals surface area contributed by atoms with E-state index >= 15 is 0 Å². The van der Waals surface area contributed by atoms with Gasteiger partial charge in [0.25, 0.3) is 16.6 Å². The number of hydrogen-bond acceptors (Lipinski definition) is 6. The van der Waals surface area contributed by atoms with Crippen LogP contribution in [0.15, 0.2) is 169 Å². The molecular formula is C64H86O6Si2. The largest absolute Gasteiger partial charge is 0.508 e. The highest BCUT2D eigenvalue weighted by Gasteiger charge is 2.56. The van der Waals surface area contributed by atoms with Crippen molar-refractivity contribution in [1.82, 2.24) is 0 Å². The van der Waals surface area contributed by atoms with Crippen LogP contribution in [0, 0.1) is 22.7 Å². The summed E-state index contributed by atoms with van der Waals surface area (Å²) < 4.78 is 26.9. The van der Waals surface area contributed by atoms with Crippen molar-refractivity contribution in [1.29, 1.82) is 0 Å². The first-order valence-corrected chi connectivity index (χ1v) is 30.7. The molecule has 0 amide bonds. The van der Waals surface area contributed by atoms with E-state index in [9.17, 15) is 9.90 Å². The second-order valence-electron chi connectivity index (χ2n) is 24.5. The van der Waals surface area contributed by atoms with Gasteiger partial charge in [-0.3, -0.25) is 0 Å². The summed E-state index contributed by atoms with van der Waals surface area (Å²) in [7, 11) is -5.95. The van der Waals surface area contributed by atoms with Gasteiger partial charge in [-0.15, -0.1) is 0 Å². The third-order valence-electron chi connectivity index (χ3n) is 16.8. The van der Waals surface area contributed by atoms with Crippen LogP contribution in [-0.4, -0.2) is 58.4 Å². The first-order valence-electron chi connectivity index (χ1n) is 26.9. The summed E-state index contributed by atoms with van der Waals surface area (Å²) >= 11 is 0. The molecule has 6 atom stereocenters. The number of aliphatic hydroxyl groups excluding tert-OH is 1. The molecule has 0 heterocycles. The quantitative estimate of drug-likeness (QED) is 0.0685. The van der Waals surface area contributed by atoms with Gasteiger partial charge in [-0.2, -0.15) is 0 Å². The predicted molar refractivity (Wildman–Crippen MR) is 303 cm³/mol. The highest BCUT2D eigenvalue weighted by atomic mass is 28.4. The van der Waals surface area contributed by atoms with E-state index in [2.05, 4.69) is 202 Å². The molecule has 0 spiro atoms. The van der Waals surface area contributed by atoms with E-state index in [1.165, 1.54) is 31.9 Å². The van der Waals surface area contributed by atoms with E-state index in [0.29, 0.717) is 24.7 Å². The minimum Gasteiger partial charge on any atom is -0.434 e. The molecule has 1 N–H and O–H groups in total. The molecule has 0 aromatic heterocycles. The highest BCUT2D eigenvalue weighted by molar-refractivity contribution is 7.00. The molecule has 0 aliphatic heterocycles. The molecule has 0 radical (unpaired) electrons. The van der Waals surface area contributed by atoms with Crippen LogP contribution in [-0.2, 0) is 18.3 Å². The topological polar surface area (TPSA) is 74.2 Å². The van der Waals surface area contributed by atoms with Gasteiger partial charge in [-0.05, 0) is 123 Å². The molecule has 3 saturated carbocycles. The van der Waals surface area contributed by atoms with Gasteiger partial charge in [-0.1, -0.05) is 227 Å². The second kappa shape index (κ2) is 22.1. The second-order valence-corrected chi connectivity index (χ2v) is 33.0. The summed E-state index contributed by atoms with van der Waals surface area (Å²) in [6.07, 6.45) is 14.4. The van der Waals surface area contributed by atoms with Gasteiger partial charge in [0.2, 0.25) is 0 Å². The van der Waals surface area contributed by atoms with Crippen molar-refractivity contribution in [2.45, 2.75) is 168 Å². The Morgan fingerprint density at radius 3 is 1.69 bits per heavy atom. The molecule has 3 aliphatic rings. The van der Waals surface area contributed by atoms with Crippen molar-refractivity contribution in [2.75, 3.05) is 6.61 Å². The number of benzene rings is 4. The fraction of sp³-hybridized carbons (Fsp3) is 0.484. The van der Waals surface area contributed by atoms with E-state index < -0.39 is 34.5 Å². The van der Waals surface area contributed by atoms with Crippen molar-refractivity contribution in [3.8, 4) is 0 Å². The minimum absolute atomic E-state index is 0.0742. The summed E-state index contributed by atoms with van der Waals surface area (Å²) in [5, 5.41) is 16.0. The zero-order chi connectivity index (χ0) is 52.2. The Morgan fingerprint density at radius 2 is 1.22 bits per heavy atom. The van der Waals surface area contributed by atoms with Crippen LogP contribution in [0.2, 0.25) is 10.1 Å². The smallest absolute Gasteiger partial charge is 0.434 e. The van der Waals surface area contributed by atoms with Gasteiger partial charge in [0, 0.05) is 6.42 Å². The fourth-order valence-corrected chi connectivity index (χ4v) is 22.5. The monoisotopic (exact) mass is 1010 g/mol. The lowest BCUT2D eigenvalue weighted by Gasteiger charge is -2.49. The molecule has 8 heteroatoms. The van der Waals surface area contributed by atoms with Gasteiger partial charge in [0.15, 0.2) is 0 Å². The molecule has 4 aromatic rings. The average molecular weight is 1010 g/mol. The van der Waals surface area contributed by atoms with Crippen LogP contribution in [0.5, 0.6) is 0 Å². The fourth-order valence-electron chi connectivity index (χ4n) is 13.1. The van der Waals surface area contributed by atoms with Crippen LogP contribution < -0.4 is 20.7 Å². The van der Waals surface area contributed by atoms with E-state index in [0.717, 1.165) is 44.1 Å². The Bertz CT molecular complexity index is 2460. The standard InChI is InChI=1S/C64H86O6Si2/c1-14-44-67-59(66)68-63(11,12)58(65)41-43-62(9,10)57-40-39-55-48(28-27-42-64(55,57)13)37-38-49-45-50(69-71(60(3,4)5,51-29-19-15-20-30-51)52-31-21-16-22-32-52)46-56(47(49)2)70-72(61(6,7)8,53-33-23-17-24-34-53)54-35-25-18-26-36-54/h15-26,29-38,41,43,50,55-58,65H,2,14,27-28,39-40,42,44-46H2,1,3-13H3/t50?,55-,56?,57+,58?,64-/m0/s1. The van der Waals surface area contributed by atoms with Crippen molar-refractivity contribution < 1.29 is 28.2 Å². The van der Waals surface area contributed by atoms with Gasteiger partial charge in [0.1, 0.15) is 11.7 Å². The molecule has 7 rings (SSSR count). The van der Waals surface area contributed by atoms with Crippen molar-refractivity contribution in [2.24, 2.45) is 22.7 Å². The number of hydrogen-bond donors (Lipinski definition) is 1. The average Bonchev–Trinajstić information content (AvgIpc) is 3.72. The molecule has 0 bridgehead atoms. The lowest BCUT2D eigenvalue weighted by Crippen LogP contribution is -2.69. The first kappa shape index (κ1) is 55.2. The maximum atomic E-state index is 12.4. The summed E-state index contributed by atoms with van der Waals surface area (Å²) in [5.41, 5.74) is 2.52. The molecule has 4 aromatic carbocycles. The number of ether oxygens (including phenoxy) is 2. The molecule has 386 valence electrons. The Balaban J connectivity index is 1.28. The van der Waals surface area contributed by atoms with Gasteiger partial charge >= 0.3 is 6.16 Å². The molecule has 72 heavy (non-hydrogen) atoms. The number of aliphatic hydroxyl groups is 1. The Labute approximate surface area is 436 Å². The highest BCUT2D eigenvalue weighted by Crippen LogP contribution is 2.62. The molecular weight excluding hydrogens is 921 g/mol. The summed E-state index contributed by atoms with van der Waals surface area (Å²) in [6.45, 7) is 32.0. The molecule has 3 aliphatic carbocycles. The zero-order valence-corrected chi connectivity index (χ0v) is 47.8. The number of carbonyl (C=O) groups is 1. The van der Waals surface area contributed by atoms with Crippen LogP contribution in [0.25, 0.3) is 0 Å². The lowest BCUT2D eigenvalue weighted by atomic mass is 9.57. The number of rotatable bonds is 16. The van der Waals surface area contributed by atoms with Gasteiger partial charge < -0.3 is 23.4 Å². The number of allylic oxidation sites excluding steroid dienone is 4. The van der Waals surface area contributed by atoms with Crippen molar-refractivity contribution in [3.63, 3.8) is 0 Å². The Morgan fingerprint density at radius 1 is 0.736 bits per heavy atom. The first-order chi connectivity index (χ1) is 34.0. The third kappa shape index (κ3) is 11.2. The minimum atomic E-state index is -3.00. The van der Waals surface area contributed by atoms with Crippen molar-refractivity contribution in [3.05, 3.63) is 169 Å². The van der Waals surface area contributed by atoms with Crippen molar-refractivity contribution >= 4 is 43.5 Å².